The maximum atomic E-state index is 2.34. The van der Waals surface area contributed by atoms with Crippen molar-refractivity contribution < 1.29 is 0 Å². The topological polar surface area (TPSA) is 0 Å². The van der Waals surface area contributed by atoms with Crippen molar-refractivity contribution in [2.24, 2.45) is 0 Å². The van der Waals surface area contributed by atoms with E-state index >= 15 is 0 Å². The lowest BCUT2D eigenvalue weighted by Crippen LogP contribution is -1.95. The van der Waals surface area contributed by atoms with E-state index in [1.807, 2.05) is 27.7 Å². The highest BCUT2D eigenvalue weighted by molar-refractivity contribution is 5.44. The monoisotopic (exact) mass is 268 g/mol. The van der Waals surface area contributed by atoms with Crippen LogP contribution in [-0.4, -0.2) is 0 Å². The fraction of sp³-hybridized carbons (Fsp3) is 0.400. The van der Waals surface area contributed by atoms with Crippen LogP contribution in [0.4, 0.5) is 0 Å². The van der Waals surface area contributed by atoms with Crippen molar-refractivity contribution in [3.05, 3.63) is 71.3 Å². The predicted molar refractivity (Wildman–Crippen MR) is 90.5 cm³/mol. The molecule has 0 spiro atoms. The lowest BCUT2D eigenvalue weighted by molar-refractivity contribution is 0.686. The minimum Gasteiger partial charge on any atom is -0.0683 e. The SMILES string of the molecule is CC.CC.CC1CC(c2ccccc2)c2ccccc21. The van der Waals surface area contributed by atoms with Gasteiger partial charge < -0.3 is 0 Å². The van der Waals surface area contributed by atoms with Gasteiger partial charge in [0.2, 0.25) is 0 Å². The molecule has 0 heterocycles. The van der Waals surface area contributed by atoms with Gasteiger partial charge in [-0.15, -0.1) is 0 Å². The summed E-state index contributed by atoms with van der Waals surface area (Å²) in [5.41, 5.74) is 4.52. The first kappa shape index (κ1) is 16.5. The van der Waals surface area contributed by atoms with E-state index in [4.69, 9.17) is 0 Å². The molecule has 2 unspecified atom stereocenters. The van der Waals surface area contributed by atoms with E-state index in [-0.39, 0.29) is 0 Å². The van der Waals surface area contributed by atoms with Gasteiger partial charge in [0, 0.05) is 5.92 Å². The summed E-state index contributed by atoms with van der Waals surface area (Å²) in [6, 6.07) is 19.8. The minimum atomic E-state index is 0.604. The largest absolute Gasteiger partial charge is 0.0683 e. The Balaban J connectivity index is 0.000000461. The molecule has 0 fully saturated rings. The Morgan fingerprint density at radius 1 is 0.700 bits per heavy atom. The highest BCUT2D eigenvalue weighted by Gasteiger charge is 2.28. The van der Waals surface area contributed by atoms with Gasteiger partial charge in [-0.05, 0) is 29.0 Å². The van der Waals surface area contributed by atoms with Crippen LogP contribution in [0.5, 0.6) is 0 Å². The molecule has 108 valence electrons. The Hall–Kier alpha value is -1.56. The van der Waals surface area contributed by atoms with Gasteiger partial charge in [0.05, 0.1) is 0 Å². The summed E-state index contributed by atoms with van der Waals surface area (Å²) in [4.78, 5) is 0. The number of rotatable bonds is 1. The Bertz CT molecular complexity index is 484. The molecular formula is C20H28. The van der Waals surface area contributed by atoms with E-state index in [0.29, 0.717) is 11.8 Å². The fourth-order valence-corrected chi connectivity index (χ4v) is 2.89. The van der Waals surface area contributed by atoms with Gasteiger partial charge in [-0.25, -0.2) is 0 Å². The highest BCUT2D eigenvalue weighted by Crippen LogP contribution is 2.44. The molecule has 0 N–H and O–H groups in total. The van der Waals surface area contributed by atoms with Crippen molar-refractivity contribution in [3.8, 4) is 0 Å². The van der Waals surface area contributed by atoms with Crippen LogP contribution in [0.1, 0.15) is 69.6 Å². The molecule has 0 bridgehead atoms. The summed E-state index contributed by atoms with van der Waals surface area (Å²) in [5.74, 6) is 1.30. The lowest BCUT2D eigenvalue weighted by Gasteiger charge is -2.11. The van der Waals surface area contributed by atoms with Crippen LogP contribution in [-0.2, 0) is 0 Å². The Kier molecular flexibility index (Phi) is 7.08. The van der Waals surface area contributed by atoms with E-state index in [1.165, 1.54) is 23.1 Å². The van der Waals surface area contributed by atoms with Gasteiger partial charge in [-0.1, -0.05) is 89.2 Å². The van der Waals surface area contributed by atoms with Crippen LogP contribution in [0.2, 0.25) is 0 Å². The molecule has 0 aliphatic heterocycles. The molecule has 0 heteroatoms. The van der Waals surface area contributed by atoms with Gasteiger partial charge in [-0.3, -0.25) is 0 Å². The standard InChI is InChI=1S/C16H16.2C2H6/c1-12-11-16(13-7-3-2-4-8-13)15-10-6-5-9-14(12)15;2*1-2/h2-10,12,16H,11H2,1H3;2*1-2H3. The van der Waals surface area contributed by atoms with E-state index in [0.717, 1.165) is 0 Å². The smallest absolute Gasteiger partial charge is 0.00978 e. The maximum Gasteiger partial charge on any atom is 0.00978 e. The molecular weight excluding hydrogens is 240 g/mol. The molecule has 2 aromatic rings. The first-order valence-corrected chi connectivity index (χ1v) is 8.00. The second-order valence-corrected chi connectivity index (χ2v) is 4.73. The van der Waals surface area contributed by atoms with Crippen LogP contribution in [0.25, 0.3) is 0 Å². The van der Waals surface area contributed by atoms with Crippen LogP contribution in [0.15, 0.2) is 54.6 Å². The Labute approximate surface area is 124 Å². The van der Waals surface area contributed by atoms with Crippen LogP contribution < -0.4 is 0 Å². The Morgan fingerprint density at radius 2 is 1.20 bits per heavy atom. The number of hydrogen-bond donors (Lipinski definition) is 0. The molecule has 2 aromatic carbocycles. The zero-order valence-corrected chi connectivity index (χ0v) is 13.6. The van der Waals surface area contributed by atoms with Crippen molar-refractivity contribution in [2.75, 3.05) is 0 Å². The lowest BCUT2D eigenvalue weighted by atomic mass is 9.93. The second-order valence-electron chi connectivity index (χ2n) is 4.73. The molecule has 2 atom stereocenters. The summed E-state index contributed by atoms with van der Waals surface area (Å²) in [6.45, 7) is 10.3. The first-order valence-electron chi connectivity index (χ1n) is 8.00. The summed E-state index contributed by atoms with van der Waals surface area (Å²) in [7, 11) is 0. The van der Waals surface area contributed by atoms with E-state index in [2.05, 4.69) is 61.5 Å². The Morgan fingerprint density at radius 3 is 1.80 bits per heavy atom. The molecule has 1 aliphatic carbocycles. The molecule has 0 saturated carbocycles. The average molecular weight is 268 g/mol. The van der Waals surface area contributed by atoms with Gasteiger partial charge in [0.25, 0.3) is 0 Å². The number of hydrogen-bond acceptors (Lipinski definition) is 0. The molecule has 3 rings (SSSR count). The summed E-state index contributed by atoms with van der Waals surface area (Å²) < 4.78 is 0. The normalized spacial score (nSPS) is 19.1. The molecule has 20 heavy (non-hydrogen) atoms. The summed E-state index contributed by atoms with van der Waals surface area (Å²) in [5, 5.41) is 0. The third-order valence-corrected chi connectivity index (χ3v) is 3.69. The third kappa shape index (κ3) is 3.50. The predicted octanol–water partition coefficient (Wildman–Crippen LogP) is 6.38. The minimum absolute atomic E-state index is 0.604. The summed E-state index contributed by atoms with van der Waals surface area (Å²) >= 11 is 0. The van der Waals surface area contributed by atoms with Crippen LogP contribution in [0.3, 0.4) is 0 Å². The van der Waals surface area contributed by atoms with Gasteiger partial charge >= 0.3 is 0 Å². The fourth-order valence-electron chi connectivity index (χ4n) is 2.89. The molecule has 0 saturated heterocycles. The first-order chi connectivity index (χ1) is 9.86. The van der Waals surface area contributed by atoms with Crippen molar-refractivity contribution in [2.45, 2.75) is 52.9 Å². The van der Waals surface area contributed by atoms with E-state index in [1.54, 1.807) is 0 Å². The van der Waals surface area contributed by atoms with E-state index < -0.39 is 0 Å². The molecule has 0 aromatic heterocycles. The highest BCUT2D eigenvalue weighted by atomic mass is 14.3. The number of fused-ring (bicyclic) bond motifs is 1. The van der Waals surface area contributed by atoms with Crippen molar-refractivity contribution in [3.63, 3.8) is 0 Å². The van der Waals surface area contributed by atoms with Crippen molar-refractivity contribution in [1.82, 2.24) is 0 Å². The van der Waals surface area contributed by atoms with Gasteiger partial charge in [0.1, 0.15) is 0 Å². The number of benzene rings is 2. The van der Waals surface area contributed by atoms with Crippen LogP contribution in [0, 0.1) is 0 Å². The van der Waals surface area contributed by atoms with Crippen LogP contribution >= 0.6 is 0 Å². The quantitative estimate of drug-likeness (QED) is 0.563. The maximum absolute atomic E-state index is 2.34. The molecule has 0 nitrogen and oxygen atoms in total. The zero-order chi connectivity index (χ0) is 15.0. The van der Waals surface area contributed by atoms with Crippen molar-refractivity contribution >= 4 is 0 Å². The van der Waals surface area contributed by atoms with Gasteiger partial charge in [0.15, 0.2) is 0 Å². The van der Waals surface area contributed by atoms with Gasteiger partial charge in [-0.2, -0.15) is 0 Å². The second kappa shape index (κ2) is 8.58. The van der Waals surface area contributed by atoms with E-state index in [9.17, 15) is 0 Å². The zero-order valence-electron chi connectivity index (χ0n) is 13.6. The molecule has 0 amide bonds. The summed E-state index contributed by atoms with van der Waals surface area (Å²) in [6.07, 6.45) is 1.25. The molecule has 1 aliphatic rings. The average Bonchev–Trinajstić information content (AvgIpc) is 2.90. The third-order valence-electron chi connectivity index (χ3n) is 3.69. The molecule has 0 radical (unpaired) electrons. The van der Waals surface area contributed by atoms with Crippen molar-refractivity contribution in [1.29, 1.82) is 0 Å².